The molecule has 0 radical (unpaired) electrons. The maximum Gasteiger partial charge on any atom is 0.216 e. The van der Waals surface area contributed by atoms with Gasteiger partial charge in [0.05, 0.1) is 18.8 Å². The number of nitrogens with two attached hydrogens (primary N) is 1. The molecule has 4 nitrogen and oxygen atoms in total. The number of aryl methyl sites for hydroxylation is 1. The minimum Gasteiger partial charge on any atom is -0.481 e. The van der Waals surface area contributed by atoms with Crippen molar-refractivity contribution in [2.75, 3.05) is 7.11 Å². The Hall–Kier alpha value is -1.94. The van der Waals surface area contributed by atoms with Crippen molar-refractivity contribution >= 4 is 0 Å². The van der Waals surface area contributed by atoms with E-state index in [1.54, 1.807) is 13.2 Å². The van der Waals surface area contributed by atoms with Gasteiger partial charge in [0, 0.05) is 6.07 Å². The molecule has 1 aromatic carbocycles. The van der Waals surface area contributed by atoms with Crippen LogP contribution in [0.1, 0.15) is 22.9 Å². The first-order chi connectivity index (χ1) is 8.69. The Kier molecular flexibility index (Phi) is 3.89. The maximum absolute atomic E-state index is 6.15. The molecule has 2 N–H and O–H groups in total. The van der Waals surface area contributed by atoms with Crippen molar-refractivity contribution < 1.29 is 4.74 Å². The second kappa shape index (κ2) is 5.60. The number of ether oxygens (including phenoxy) is 1. The normalized spacial score (nSPS) is 12.2. The van der Waals surface area contributed by atoms with Gasteiger partial charge in [-0.25, -0.2) is 9.97 Å². The molecule has 18 heavy (non-hydrogen) atoms. The zero-order valence-corrected chi connectivity index (χ0v) is 10.6. The van der Waals surface area contributed by atoms with Crippen molar-refractivity contribution in [2.24, 2.45) is 5.73 Å². The first kappa shape index (κ1) is 12.5. The monoisotopic (exact) mass is 243 g/mol. The predicted octanol–water partition coefficient (Wildman–Crippen LogP) is 2.04. The molecule has 4 heteroatoms. The lowest BCUT2D eigenvalue weighted by atomic mass is 10.0. The van der Waals surface area contributed by atoms with Crippen molar-refractivity contribution in [1.29, 1.82) is 0 Å². The molecule has 0 saturated carbocycles. The lowest BCUT2D eigenvalue weighted by Gasteiger charge is -2.12. The summed E-state index contributed by atoms with van der Waals surface area (Å²) in [5.41, 5.74) is 9.39. The van der Waals surface area contributed by atoms with E-state index in [0.29, 0.717) is 5.88 Å². The van der Waals surface area contributed by atoms with Crippen LogP contribution in [0.2, 0.25) is 0 Å². The van der Waals surface area contributed by atoms with E-state index < -0.39 is 0 Å². The Bertz CT molecular complexity index is 528. The van der Waals surface area contributed by atoms with E-state index in [2.05, 4.69) is 35.1 Å². The van der Waals surface area contributed by atoms with Gasteiger partial charge in [0.15, 0.2) is 0 Å². The third-order valence-electron chi connectivity index (χ3n) is 2.79. The van der Waals surface area contributed by atoms with E-state index in [4.69, 9.17) is 10.5 Å². The third-order valence-corrected chi connectivity index (χ3v) is 2.79. The molecule has 0 aliphatic rings. The van der Waals surface area contributed by atoms with Crippen molar-refractivity contribution in [1.82, 2.24) is 9.97 Å². The van der Waals surface area contributed by atoms with Gasteiger partial charge in [-0.2, -0.15) is 0 Å². The molecular formula is C14H17N3O. The summed E-state index contributed by atoms with van der Waals surface area (Å²) in [6.45, 7) is 2.07. The standard InChI is InChI=1S/C14H17N3O/c1-10-4-3-5-11(6-10)7-12(15)13-8-14(18-2)17-9-16-13/h3-6,8-9,12H,7,15H2,1-2H3. The van der Waals surface area contributed by atoms with Crippen molar-refractivity contribution in [3.63, 3.8) is 0 Å². The van der Waals surface area contributed by atoms with Crippen LogP contribution in [0.25, 0.3) is 0 Å². The molecular weight excluding hydrogens is 226 g/mol. The van der Waals surface area contributed by atoms with Crippen LogP contribution in [0, 0.1) is 6.92 Å². The van der Waals surface area contributed by atoms with Gasteiger partial charge in [0.25, 0.3) is 0 Å². The van der Waals surface area contributed by atoms with Gasteiger partial charge in [-0.1, -0.05) is 29.8 Å². The van der Waals surface area contributed by atoms with Crippen molar-refractivity contribution in [3.8, 4) is 5.88 Å². The fourth-order valence-electron chi connectivity index (χ4n) is 1.87. The number of hydrogen-bond acceptors (Lipinski definition) is 4. The Morgan fingerprint density at radius 1 is 1.28 bits per heavy atom. The summed E-state index contributed by atoms with van der Waals surface area (Å²) in [6.07, 6.45) is 2.23. The highest BCUT2D eigenvalue weighted by Gasteiger charge is 2.10. The summed E-state index contributed by atoms with van der Waals surface area (Å²) in [4.78, 5) is 8.16. The van der Waals surface area contributed by atoms with Gasteiger partial charge in [0.2, 0.25) is 5.88 Å². The Labute approximate surface area is 107 Å². The highest BCUT2D eigenvalue weighted by molar-refractivity contribution is 5.25. The Morgan fingerprint density at radius 2 is 2.11 bits per heavy atom. The number of rotatable bonds is 4. The number of benzene rings is 1. The fourth-order valence-corrected chi connectivity index (χ4v) is 1.87. The second-order valence-corrected chi connectivity index (χ2v) is 4.28. The van der Waals surface area contributed by atoms with Crippen LogP contribution >= 0.6 is 0 Å². The number of nitrogens with zero attached hydrogens (tertiary/aromatic N) is 2. The quantitative estimate of drug-likeness (QED) is 0.892. The van der Waals surface area contributed by atoms with Gasteiger partial charge in [-0.05, 0) is 18.9 Å². The highest BCUT2D eigenvalue weighted by atomic mass is 16.5. The van der Waals surface area contributed by atoms with Crippen LogP contribution < -0.4 is 10.5 Å². The highest BCUT2D eigenvalue weighted by Crippen LogP contribution is 2.17. The maximum atomic E-state index is 6.15. The summed E-state index contributed by atoms with van der Waals surface area (Å²) in [6, 6.07) is 9.95. The molecule has 0 amide bonds. The summed E-state index contributed by atoms with van der Waals surface area (Å²) >= 11 is 0. The number of aromatic nitrogens is 2. The van der Waals surface area contributed by atoms with Gasteiger partial charge < -0.3 is 10.5 Å². The van der Waals surface area contributed by atoms with Crippen molar-refractivity contribution in [2.45, 2.75) is 19.4 Å². The first-order valence-corrected chi connectivity index (χ1v) is 5.86. The summed E-state index contributed by atoms with van der Waals surface area (Å²) in [5, 5.41) is 0. The van der Waals surface area contributed by atoms with E-state index >= 15 is 0 Å². The van der Waals surface area contributed by atoms with Crippen LogP contribution in [0.5, 0.6) is 5.88 Å². The molecule has 2 rings (SSSR count). The summed E-state index contributed by atoms with van der Waals surface area (Å²) < 4.78 is 5.07. The second-order valence-electron chi connectivity index (χ2n) is 4.28. The molecule has 1 atom stereocenters. The molecule has 0 fully saturated rings. The van der Waals surface area contributed by atoms with E-state index in [1.165, 1.54) is 17.5 Å². The van der Waals surface area contributed by atoms with E-state index in [1.807, 2.05) is 6.07 Å². The minimum atomic E-state index is -0.149. The van der Waals surface area contributed by atoms with Crippen LogP contribution in [-0.2, 0) is 6.42 Å². The molecule has 0 saturated heterocycles. The first-order valence-electron chi connectivity index (χ1n) is 5.86. The van der Waals surface area contributed by atoms with E-state index in [9.17, 15) is 0 Å². The van der Waals surface area contributed by atoms with Gasteiger partial charge in [-0.15, -0.1) is 0 Å². The lowest BCUT2D eigenvalue weighted by molar-refractivity contribution is 0.395. The lowest BCUT2D eigenvalue weighted by Crippen LogP contribution is -2.15. The molecule has 1 heterocycles. The molecule has 0 aliphatic heterocycles. The third kappa shape index (κ3) is 3.05. The summed E-state index contributed by atoms with van der Waals surface area (Å²) in [5.74, 6) is 0.541. The number of methoxy groups -OCH3 is 1. The zero-order chi connectivity index (χ0) is 13.0. The molecule has 1 aromatic heterocycles. The fraction of sp³-hybridized carbons (Fsp3) is 0.286. The van der Waals surface area contributed by atoms with Crippen molar-refractivity contribution in [3.05, 3.63) is 53.5 Å². The molecule has 0 bridgehead atoms. The minimum absolute atomic E-state index is 0.149. The van der Waals surface area contributed by atoms with Crippen LogP contribution in [0.4, 0.5) is 0 Å². The average molecular weight is 243 g/mol. The van der Waals surface area contributed by atoms with E-state index in [0.717, 1.165) is 12.1 Å². The topological polar surface area (TPSA) is 61.0 Å². The SMILES string of the molecule is COc1cc(C(N)Cc2cccc(C)c2)ncn1. The smallest absolute Gasteiger partial charge is 0.216 e. The molecule has 2 aromatic rings. The Morgan fingerprint density at radius 3 is 2.83 bits per heavy atom. The molecule has 0 spiro atoms. The van der Waals surface area contributed by atoms with E-state index in [-0.39, 0.29) is 6.04 Å². The molecule has 1 unspecified atom stereocenters. The average Bonchev–Trinajstić information content (AvgIpc) is 2.39. The van der Waals surface area contributed by atoms with Gasteiger partial charge >= 0.3 is 0 Å². The number of hydrogen-bond donors (Lipinski definition) is 1. The molecule has 94 valence electrons. The largest absolute Gasteiger partial charge is 0.481 e. The van der Waals surface area contributed by atoms with Crippen LogP contribution in [0.15, 0.2) is 36.7 Å². The summed E-state index contributed by atoms with van der Waals surface area (Å²) in [7, 11) is 1.58. The Balaban J connectivity index is 2.13. The zero-order valence-electron chi connectivity index (χ0n) is 10.6. The van der Waals surface area contributed by atoms with Crippen LogP contribution in [0.3, 0.4) is 0 Å². The molecule has 0 aliphatic carbocycles. The van der Waals surface area contributed by atoms with Crippen LogP contribution in [-0.4, -0.2) is 17.1 Å². The predicted molar refractivity (Wildman–Crippen MR) is 70.4 cm³/mol. The van der Waals surface area contributed by atoms with Gasteiger partial charge in [0.1, 0.15) is 6.33 Å². The van der Waals surface area contributed by atoms with Gasteiger partial charge in [-0.3, -0.25) is 0 Å².